The minimum Gasteiger partial charge on any atom is -0.497 e. The van der Waals surface area contributed by atoms with Crippen LogP contribution < -0.4 is 4.74 Å². The maximum atomic E-state index is 5.59. The van der Waals surface area contributed by atoms with Gasteiger partial charge in [0.1, 0.15) is 5.75 Å². The smallest absolute Gasteiger partial charge is 0.231 e. The van der Waals surface area contributed by atoms with E-state index in [1.165, 1.54) is 5.39 Å². The summed E-state index contributed by atoms with van der Waals surface area (Å²) < 4.78 is 10.9. The van der Waals surface area contributed by atoms with Crippen molar-refractivity contribution in [3.05, 3.63) is 72.2 Å². The highest BCUT2D eigenvalue weighted by Crippen LogP contribution is 2.29. The lowest BCUT2D eigenvalue weighted by atomic mass is 10.1. The molecule has 0 N–H and O–H groups in total. The van der Waals surface area contributed by atoms with E-state index in [0.717, 1.165) is 48.6 Å². The predicted octanol–water partition coefficient (Wildman–Crippen LogP) is 4.28. The Labute approximate surface area is 169 Å². The highest BCUT2D eigenvalue weighted by molar-refractivity contribution is 5.78. The molecule has 146 valence electrons. The summed E-state index contributed by atoms with van der Waals surface area (Å²) in [5, 5.41) is 5.35. The van der Waals surface area contributed by atoms with Gasteiger partial charge in [0.25, 0.3) is 0 Å². The van der Waals surface area contributed by atoms with Crippen molar-refractivity contribution in [1.29, 1.82) is 0 Å². The first-order valence-electron chi connectivity index (χ1n) is 9.83. The molecule has 5 rings (SSSR count). The molecule has 2 aromatic carbocycles. The van der Waals surface area contributed by atoms with Crippen LogP contribution in [0.5, 0.6) is 5.75 Å². The zero-order chi connectivity index (χ0) is 19.6. The molecule has 0 radical (unpaired) electrons. The van der Waals surface area contributed by atoms with Crippen LogP contribution in [0.4, 0.5) is 0 Å². The molecule has 3 heterocycles. The van der Waals surface area contributed by atoms with E-state index >= 15 is 0 Å². The summed E-state index contributed by atoms with van der Waals surface area (Å²) in [6, 6.07) is 20.2. The molecular weight excluding hydrogens is 364 g/mol. The lowest BCUT2D eigenvalue weighted by molar-refractivity contribution is 0.306. The number of hydrogen-bond donors (Lipinski definition) is 0. The van der Waals surface area contributed by atoms with E-state index in [2.05, 4.69) is 39.3 Å². The third kappa shape index (κ3) is 3.71. The van der Waals surface area contributed by atoms with Crippen LogP contribution in [0.2, 0.25) is 0 Å². The molecule has 0 spiro atoms. The van der Waals surface area contributed by atoms with Gasteiger partial charge in [-0.3, -0.25) is 9.88 Å². The van der Waals surface area contributed by atoms with Gasteiger partial charge in [0, 0.05) is 24.0 Å². The Bertz CT molecular complexity index is 1140. The molecule has 1 aliphatic rings. The van der Waals surface area contributed by atoms with Crippen molar-refractivity contribution in [2.75, 3.05) is 20.2 Å². The third-order valence-corrected chi connectivity index (χ3v) is 5.43. The minimum absolute atomic E-state index is 0.252. The number of para-hydroxylation sites is 1. The first-order valence-corrected chi connectivity index (χ1v) is 9.83. The number of likely N-dealkylation sites (tertiary alicyclic amines) is 1. The summed E-state index contributed by atoms with van der Waals surface area (Å²) in [5.41, 5.74) is 3.03. The number of fused-ring (bicyclic) bond motifs is 1. The Balaban J connectivity index is 1.27. The van der Waals surface area contributed by atoms with Gasteiger partial charge < -0.3 is 9.26 Å². The highest BCUT2D eigenvalue weighted by atomic mass is 16.5. The monoisotopic (exact) mass is 386 g/mol. The van der Waals surface area contributed by atoms with E-state index in [9.17, 15) is 0 Å². The SMILES string of the molecule is COc1cccc(-c2noc(C3CCN(Cc4ccc5ccccc5n4)C3)n2)c1. The van der Waals surface area contributed by atoms with Crippen LogP contribution in [0, 0.1) is 0 Å². The van der Waals surface area contributed by atoms with Crippen molar-refractivity contribution >= 4 is 10.9 Å². The molecule has 1 atom stereocenters. The summed E-state index contributed by atoms with van der Waals surface area (Å²) in [6.45, 7) is 2.72. The Morgan fingerprint density at radius 1 is 1.07 bits per heavy atom. The normalized spacial score (nSPS) is 17.1. The number of hydrogen-bond acceptors (Lipinski definition) is 6. The van der Waals surface area contributed by atoms with Crippen LogP contribution in [0.3, 0.4) is 0 Å². The Morgan fingerprint density at radius 2 is 2.00 bits per heavy atom. The van der Waals surface area contributed by atoms with E-state index < -0.39 is 0 Å². The quantitative estimate of drug-likeness (QED) is 0.510. The van der Waals surface area contributed by atoms with Crippen LogP contribution in [0.1, 0.15) is 23.9 Å². The molecule has 1 fully saturated rings. The van der Waals surface area contributed by atoms with Crippen molar-refractivity contribution in [2.24, 2.45) is 0 Å². The molecule has 0 saturated carbocycles. The van der Waals surface area contributed by atoms with Gasteiger partial charge in [0.05, 0.1) is 24.2 Å². The summed E-state index contributed by atoms with van der Waals surface area (Å²) in [7, 11) is 1.65. The van der Waals surface area contributed by atoms with E-state index in [1.807, 2.05) is 36.4 Å². The van der Waals surface area contributed by atoms with Gasteiger partial charge in [0.15, 0.2) is 0 Å². The summed E-state index contributed by atoms with van der Waals surface area (Å²) in [6.07, 6.45) is 1.01. The van der Waals surface area contributed by atoms with Gasteiger partial charge in [-0.05, 0) is 37.2 Å². The number of nitrogens with zero attached hydrogens (tertiary/aromatic N) is 4. The van der Waals surface area contributed by atoms with Crippen LogP contribution in [0.25, 0.3) is 22.3 Å². The highest BCUT2D eigenvalue weighted by Gasteiger charge is 2.28. The predicted molar refractivity (Wildman–Crippen MR) is 111 cm³/mol. The molecule has 0 aliphatic carbocycles. The molecule has 4 aromatic rings. The average molecular weight is 386 g/mol. The Hall–Kier alpha value is -3.25. The fraction of sp³-hybridized carbons (Fsp3) is 0.261. The zero-order valence-corrected chi connectivity index (χ0v) is 16.3. The van der Waals surface area contributed by atoms with Gasteiger partial charge in [0.2, 0.25) is 11.7 Å². The lowest BCUT2D eigenvalue weighted by Crippen LogP contribution is -2.20. The average Bonchev–Trinajstić information content (AvgIpc) is 3.43. The van der Waals surface area contributed by atoms with Crippen molar-refractivity contribution in [3.63, 3.8) is 0 Å². The second kappa shape index (κ2) is 7.64. The largest absolute Gasteiger partial charge is 0.497 e. The number of rotatable bonds is 5. The van der Waals surface area contributed by atoms with Crippen molar-refractivity contribution in [2.45, 2.75) is 18.9 Å². The molecule has 29 heavy (non-hydrogen) atoms. The molecule has 1 unspecified atom stereocenters. The van der Waals surface area contributed by atoms with E-state index in [0.29, 0.717) is 11.7 Å². The van der Waals surface area contributed by atoms with Crippen molar-refractivity contribution < 1.29 is 9.26 Å². The minimum atomic E-state index is 0.252. The molecular formula is C23H22N4O2. The van der Waals surface area contributed by atoms with Gasteiger partial charge in [-0.25, -0.2) is 0 Å². The van der Waals surface area contributed by atoms with Crippen LogP contribution in [-0.4, -0.2) is 40.2 Å². The number of methoxy groups -OCH3 is 1. The van der Waals surface area contributed by atoms with E-state index in [-0.39, 0.29) is 5.92 Å². The molecule has 1 saturated heterocycles. The topological polar surface area (TPSA) is 64.3 Å². The fourth-order valence-electron chi connectivity index (χ4n) is 3.88. The molecule has 6 nitrogen and oxygen atoms in total. The first kappa shape index (κ1) is 17.8. The number of benzene rings is 2. The zero-order valence-electron chi connectivity index (χ0n) is 16.3. The number of ether oxygens (including phenoxy) is 1. The molecule has 1 aliphatic heterocycles. The lowest BCUT2D eigenvalue weighted by Gasteiger charge is -2.14. The molecule has 0 bridgehead atoms. The third-order valence-electron chi connectivity index (χ3n) is 5.43. The van der Waals surface area contributed by atoms with Gasteiger partial charge >= 0.3 is 0 Å². The molecule has 6 heteroatoms. The van der Waals surface area contributed by atoms with E-state index in [1.54, 1.807) is 7.11 Å². The summed E-state index contributed by atoms with van der Waals surface area (Å²) in [5.74, 6) is 2.34. The first-order chi connectivity index (χ1) is 14.3. The molecule has 0 amide bonds. The van der Waals surface area contributed by atoms with Gasteiger partial charge in [-0.15, -0.1) is 0 Å². The maximum Gasteiger partial charge on any atom is 0.231 e. The van der Waals surface area contributed by atoms with Crippen LogP contribution >= 0.6 is 0 Å². The van der Waals surface area contributed by atoms with E-state index in [4.69, 9.17) is 14.2 Å². The number of pyridine rings is 1. The van der Waals surface area contributed by atoms with Crippen molar-refractivity contribution in [1.82, 2.24) is 20.0 Å². The standard InChI is InChI=1S/C23H22N4O2/c1-28-20-7-4-6-17(13-20)22-25-23(29-26-22)18-11-12-27(14-18)15-19-10-9-16-5-2-3-8-21(16)24-19/h2-10,13,18H,11-12,14-15H2,1H3. The Morgan fingerprint density at radius 3 is 2.93 bits per heavy atom. The maximum absolute atomic E-state index is 5.59. The van der Waals surface area contributed by atoms with Crippen molar-refractivity contribution in [3.8, 4) is 17.1 Å². The van der Waals surface area contributed by atoms with Gasteiger partial charge in [-0.1, -0.05) is 41.6 Å². The summed E-state index contributed by atoms with van der Waals surface area (Å²) >= 11 is 0. The van der Waals surface area contributed by atoms with Crippen LogP contribution in [0.15, 0.2) is 65.2 Å². The molecule has 2 aromatic heterocycles. The van der Waals surface area contributed by atoms with Crippen LogP contribution in [-0.2, 0) is 6.54 Å². The second-order valence-corrected chi connectivity index (χ2v) is 7.40. The number of aromatic nitrogens is 3. The van der Waals surface area contributed by atoms with Gasteiger partial charge in [-0.2, -0.15) is 4.98 Å². The Kier molecular flexibility index (Phi) is 4.69. The summed E-state index contributed by atoms with van der Waals surface area (Å²) in [4.78, 5) is 11.8. The fourth-order valence-corrected chi connectivity index (χ4v) is 3.88. The second-order valence-electron chi connectivity index (χ2n) is 7.40.